The second-order valence-corrected chi connectivity index (χ2v) is 5.12. The number of carboxylic acids is 1. The zero-order valence-corrected chi connectivity index (χ0v) is 12.4. The van der Waals surface area contributed by atoms with E-state index in [1.807, 2.05) is 0 Å². The lowest BCUT2D eigenvalue weighted by molar-refractivity contribution is -0.137. The molecule has 0 aliphatic heterocycles. The minimum absolute atomic E-state index is 0.00812. The summed E-state index contributed by atoms with van der Waals surface area (Å²) >= 11 is 3.13. The van der Waals surface area contributed by atoms with Crippen LogP contribution < -0.4 is 10.1 Å². The zero-order chi connectivity index (χ0) is 15.1. The van der Waals surface area contributed by atoms with Gasteiger partial charge in [-0.25, -0.2) is 4.39 Å². The van der Waals surface area contributed by atoms with Crippen LogP contribution in [-0.4, -0.2) is 29.6 Å². The van der Waals surface area contributed by atoms with Gasteiger partial charge in [0.15, 0.2) is 6.61 Å². The fraction of sp³-hybridized carbons (Fsp3) is 0.385. The van der Waals surface area contributed by atoms with Crippen LogP contribution in [0, 0.1) is 5.82 Å². The van der Waals surface area contributed by atoms with Crippen LogP contribution in [0.1, 0.15) is 19.8 Å². The van der Waals surface area contributed by atoms with Gasteiger partial charge < -0.3 is 15.2 Å². The van der Waals surface area contributed by atoms with E-state index in [-0.39, 0.29) is 25.0 Å². The van der Waals surface area contributed by atoms with E-state index < -0.39 is 11.8 Å². The van der Waals surface area contributed by atoms with E-state index >= 15 is 0 Å². The van der Waals surface area contributed by atoms with Crippen LogP contribution in [0.5, 0.6) is 5.75 Å². The molecule has 7 heteroatoms. The van der Waals surface area contributed by atoms with Gasteiger partial charge in [0.1, 0.15) is 11.6 Å². The average molecular weight is 348 g/mol. The SMILES string of the molecule is CC(CCC(=O)O)NC(=O)COc1ccc(F)cc1Br. The highest BCUT2D eigenvalue weighted by atomic mass is 79.9. The molecule has 1 unspecified atom stereocenters. The molecule has 0 radical (unpaired) electrons. The number of hydrogen-bond acceptors (Lipinski definition) is 3. The highest BCUT2D eigenvalue weighted by Gasteiger charge is 2.11. The van der Waals surface area contributed by atoms with Crippen molar-refractivity contribution in [1.82, 2.24) is 5.32 Å². The molecule has 0 heterocycles. The van der Waals surface area contributed by atoms with E-state index in [1.54, 1.807) is 6.92 Å². The summed E-state index contributed by atoms with van der Waals surface area (Å²) in [7, 11) is 0. The third-order valence-corrected chi connectivity index (χ3v) is 3.07. The molecule has 0 spiro atoms. The molecular formula is C13H15BrFNO4. The highest BCUT2D eigenvalue weighted by Crippen LogP contribution is 2.25. The predicted molar refractivity (Wildman–Crippen MR) is 74.1 cm³/mol. The van der Waals surface area contributed by atoms with Crippen molar-refractivity contribution in [2.75, 3.05) is 6.61 Å². The first-order chi connectivity index (χ1) is 9.38. The maximum atomic E-state index is 12.9. The van der Waals surface area contributed by atoms with E-state index in [0.717, 1.165) is 0 Å². The van der Waals surface area contributed by atoms with Crippen molar-refractivity contribution in [2.45, 2.75) is 25.8 Å². The van der Waals surface area contributed by atoms with Crippen molar-refractivity contribution in [3.63, 3.8) is 0 Å². The summed E-state index contributed by atoms with van der Waals surface area (Å²) in [5.74, 6) is -1.31. The van der Waals surface area contributed by atoms with Gasteiger partial charge >= 0.3 is 5.97 Å². The van der Waals surface area contributed by atoms with Gasteiger partial charge in [-0.05, 0) is 47.5 Å². The second-order valence-electron chi connectivity index (χ2n) is 4.26. The van der Waals surface area contributed by atoms with Gasteiger partial charge in [0.05, 0.1) is 4.47 Å². The normalized spacial score (nSPS) is 11.8. The number of aliphatic carboxylic acids is 1. The number of benzene rings is 1. The number of amides is 1. The van der Waals surface area contributed by atoms with Crippen LogP contribution in [0.3, 0.4) is 0 Å². The molecule has 1 atom stereocenters. The Labute approximate surface area is 124 Å². The lowest BCUT2D eigenvalue weighted by Crippen LogP contribution is -2.36. The summed E-state index contributed by atoms with van der Waals surface area (Å²) in [6.45, 7) is 1.50. The van der Waals surface area contributed by atoms with E-state index in [1.165, 1.54) is 18.2 Å². The first kappa shape index (κ1) is 16.4. The fourth-order valence-electron chi connectivity index (χ4n) is 1.46. The molecule has 0 aromatic heterocycles. The maximum Gasteiger partial charge on any atom is 0.303 e. The average Bonchev–Trinajstić information content (AvgIpc) is 2.35. The standard InChI is InChI=1S/C13H15BrFNO4/c1-8(2-5-13(18)19)16-12(17)7-20-11-4-3-9(15)6-10(11)14/h3-4,6,8H,2,5,7H2,1H3,(H,16,17)(H,18,19). The summed E-state index contributed by atoms with van der Waals surface area (Å²) in [6.07, 6.45) is 0.340. The smallest absolute Gasteiger partial charge is 0.303 e. The van der Waals surface area contributed by atoms with Crippen molar-refractivity contribution < 1.29 is 23.8 Å². The van der Waals surface area contributed by atoms with Gasteiger partial charge in [-0.3, -0.25) is 9.59 Å². The van der Waals surface area contributed by atoms with Gasteiger partial charge in [-0.1, -0.05) is 0 Å². The van der Waals surface area contributed by atoms with Crippen LogP contribution >= 0.6 is 15.9 Å². The fourth-order valence-corrected chi connectivity index (χ4v) is 1.93. The Bertz CT molecular complexity index is 495. The Kier molecular flexibility index (Phi) is 6.44. The van der Waals surface area contributed by atoms with Gasteiger partial charge in [-0.2, -0.15) is 0 Å². The van der Waals surface area contributed by atoms with Gasteiger partial charge in [0.2, 0.25) is 0 Å². The van der Waals surface area contributed by atoms with E-state index in [2.05, 4.69) is 21.2 Å². The van der Waals surface area contributed by atoms with Crippen molar-refractivity contribution in [1.29, 1.82) is 0 Å². The van der Waals surface area contributed by atoms with E-state index in [4.69, 9.17) is 9.84 Å². The molecule has 0 saturated heterocycles. The molecule has 0 bridgehead atoms. The molecule has 0 saturated carbocycles. The van der Waals surface area contributed by atoms with Crippen molar-refractivity contribution in [2.24, 2.45) is 0 Å². The summed E-state index contributed by atoms with van der Waals surface area (Å²) in [4.78, 5) is 22.0. The highest BCUT2D eigenvalue weighted by molar-refractivity contribution is 9.10. The third kappa shape index (κ3) is 6.01. The number of halogens is 2. The quantitative estimate of drug-likeness (QED) is 0.793. The monoisotopic (exact) mass is 347 g/mol. The molecule has 20 heavy (non-hydrogen) atoms. The Balaban J connectivity index is 2.37. The number of carboxylic acid groups (broad SMARTS) is 1. The van der Waals surface area contributed by atoms with Crippen LogP contribution in [0.15, 0.2) is 22.7 Å². The van der Waals surface area contributed by atoms with Crippen LogP contribution in [0.2, 0.25) is 0 Å². The molecule has 2 N–H and O–H groups in total. The maximum absolute atomic E-state index is 12.9. The Morgan fingerprint density at radius 2 is 2.20 bits per heavy atom. The molecule has 5 nitrogen and oxygen atoms in total. The number of nitrogens with one attached hydrogen (secondary N) is 1. The van der Waals surface area contributed by atoms with Crippen LogP contribution in [-0.2, 0) is 9.59 Å². The summed E-state index contributed by atoms with van der Waals surface area (Å²) in [5, 5.41) is 11.1. The Hall–Kier alpha value is -1.63. The lowest BCUT2D eigenvalue weighted by atomic mass is 10.2. The van der Waals surface area contributed by atoms with Crippen LogP contribution in [0.25, 0.3) is 0 Å². The summed E-state index contributed by atoms with van der Waals surface area (Å²) in [5.41, 5.74) is 0. The zero-order valence-electron chi connectivity index (χ0n) is 10.9. The van der Waals surface area contributed by atoms with Gasteiger partial charge in [0.25, 0.3) is 5.91 Å². The minimum atomic E-state index is -0.905. The molecule has 1 amide bonds. The topological polar surface area (TPSA) is 75.6 Å². The molecule has 1 rings (SSSR count). The molecule has 0 fully saturated rings. The summed E-state index contributed by atoms with van der Waals surface area (Å²) < 4.78 is 18.5. The number of rotatable bonds is 7. The Morgan fingerprint density at radius 1 is 1.50 bits per heavy atom. The van der Waals surface area contributed by atoms with Crippen molar-refractivity contribution in [3.8, 4) is 5.75 Å². The first-order valence-corrected chi connectivity index (χ1v) is 6.77. The van der Waals surface area contributed by atoms with Gasteiger partial charge in [-0.15, -0.1) is 0 Å². The number of carbonyl (C=O) groups excluding carboxylic acids is 1. The predicted octanol–water partition coefficient (Wildman–Crippen LogP) is 2.34. The van der Waals surface area contributed by atoms with Gasteiger partial charge in [0, 0.05) is 12.5 Å². The molecule has 1 aromatic carbocycles. The van der Waals surface area contributed by atoms with E-state index in [0.29, 0.717) is 16.6 Å². The molecule has 0 aliphatic carbocycles. The van der Waals surface area contributed by atoms with Crippen LogP contribution in [0.4, 0.5) is 4.39 Å². The first-order valence-electron chi connectivity index (χ1n) is 5.97. The molecule has 1 aromatic rings. The number of ether oxygens (including phenoxy) is 1. The minimum Gasteiger partial charge on any atom is -0.483 e. The summed E-state index contributed by atoms with van der Waals surface area (Å²) in [6, 6.07) is 3.63. The molecule has 0 aliphatic rings. The Morgan fingerprint density at radius 3 is 2.80 bits per heavy atom. The largest absolute Gasteiger partial charge is 0.483 e. The molecule has 110 valence electrons. The lowest BCUT2D eigenvalue weighted by Gasteiger charge is -2.13. The number of carbonyl (C=O) groups is 2. The van der Waals surface area contributed by atoms with E-state index in [9.17, 15) is 14.0 Å². The molecular weight excluding hydrogens is 333 g/mol. The van der Waals surface area contributed by atoms with Crippen molar-refractivity contribution in [3.05, 3.63) is 28.5 Å². The second kappa shape index (κ2) is 7.84. The third-order valence-electron chi connectivity index (χ3n) is 2.45. The number of hydrogen-bond donors (Lipinski definition) is 2. The van der Waals surface area contributed by atoms with Crippen molar-refractivity contribution >= 4 is 27.8 Å².